The first kappa shape index (κ1) is 12.6. The molecule has 0 spiro atoms. The van der Waals surface area contributed by atoms with Gasteiger partial charge in [0.05, 0.1) is 11.3 Å². The number of nitrogens with zero attached hydrogens (tertiary/aromatic N) is 2. The molecule has 1 aromatic carbocycles. The van der Waals surface area contributed by atoms with E-state index >= 15 is 0 Å². The predicted molar refractivity (Wildman–Crippen MR) is 82.0 cm³/mol. The summed E-state index contributed by atoms with van der Waals surface area (Å²) in [5, 5.41) is 11.6. The Hall–Kier alpha value is -1.44. The molecule has 0 aliphatic carbocycles. The molecule has 0 bridgehead atoms. The number of hydrogen-bond acceptors (Lipinski definition) is 4. The summed E-state index contributed by atoms with van der Waals surface area (Å²) in [5.74, 6) is 0. The second kappa shape index (κ2) is 5.28. The summed E-state index contributed by atoms with van der Waals surface area (Å²) in [4.78, 5) is 4.89. The summed E-state index contributed by atoms with van der Waals surface area (Å²) in [6, 6.07) is 10.7. The number of thiophene rings is 1. The smallest absolute Gasteiger partial charge is 0.103 e. The van der Waals surface area contributed by atoms with Gasteiger partial charge in [-0.15, -0.1) is 23.1 Å². The molecule has 0 amide bonds. The van der Waals surface area contributed by atoms with Crippen LogP contribution in [0.3, 0.4) is 0 Å². The van der Waals surface area contributed by atoms with Gasteiger partial charge in [0.2, 0.25) is 0 Å². The van der Waals surface area contributed by atoms with Crippen molar-refractivity contribution in [2.24, 2.45) is 0 Å². The number of rotatable bonds is 2. The van der Waals surface area contributed by atoms with Crippen LogP contribution in [0.2, 0.25) is 0 Å². The van der Waals surface area contributed by atoms with Gasteiger partial charge in [-0.05, 0) is 41.8 Å². The van der Waals surface area contributed by atoms with Crippen molar-refractivity contribution >= 4 is 28.8 Å². The predicted octanol–water partition coefficient (Wildman–Crippen LogP) is 3.90. The summed E-state index contributed by atoms with van der Waals surface area (Å²) >= 11 is 3.48. The van der Waals surface area contributed by atoms with Gasteiger partial charge < -0.3 is 4.90 Å². The zero-order valence-corrected chi connectivity index (χ0v) is 12.4. The number of nitriles is 1. The Kier molecular flexibility index (Phi) is 3.50. The number of benzene rings is 1. The van der Waals surface area contributed by atoms with Gasteiger partial charge in [-0.3, -0.25) is 0 Å². The van der Waals surface area contributed by atoms with E-state index in [1.165, 1.54) is 10.4 Å². The Morgan fingerprint density at radius 3 is 3.05 bits per heavy atom. The Bertz CT molecular complexity index is 640. The van der Waals surface area contributed by atoms with Gasteiger partial charge in [0, 0.05) is 22.9 Å². The normalized spacial score (nSPS) is 14.0. The SMILES string of the molecule is CSc1cccc(N2CCc3sccc3C2)c1C#N. The second-order valence-corrected chi connectivity index (χ2v) is 6.36. The minimum atomic E-state index is 0.814. The Morgan fingerprint density at radius 2 is 2.26 bits per heavy atom. The topological polar surface area (TPSA) is 27.0 Å². The zero-order chi connectivity index (χ0) is 13.2. The van der Waals surface area contributed by atoms with Crippen molar-refractivity contribution in [1.82, 2.24) is 0 Å². The van der Waals surface area contributed by atoms with Gasteiger partial charge in [0.15, 0.2) is 0 Å². The molecule has 2 nitrogen and oxygen atoms in total. The van der Waals surface area contributed by atoms with Crippen molar-refractivity contribution in [3.05, 3.63) is 45.6 Å². The molecule has 1 aliphatic rings. The lowest BCUT2D eigenvalue weighted by molar-refractivity contribution is 0.741. The quantitative estimate of drug-likeness (QED) is 0.783. The number of thioether (sulfide) groups is 1. The summed E-state index contributed by atoms with van der Waals surface area (Å²) in [6.45, 7) is 1.92. The first-order valence-electron chi connectivity index (χ1n) is 6.21. The van der Waals surface area contributed by atoms with Crippen LogP contribution in [0.1, 0.15) is 16.0 Å². The van der Waals surface area contributed by atoms with Crippen LogP contribution in [0.25, 0.3) is 0 Å². The van der Waals surface area contributed by atoms with Gasteiger partial charge in [-0.2, -0.15) is 5.26 Å². The van der Waals surface area contributed by atoms with Crippen molar-refractivity contribution in [2.75, 3.05) is 17.7 Å². The Morgan fingerprint density at radius 1 is 1.37 bits per heavy atom. The van der Waals surface area contributed by atoms with Crippen LogP contribution in [0.15, 0.2) is 34.5 Å². The average molecular weight is 286 g/mol. The molecule has 1 aromatic heterocycles. The molecule has 2 aromatic rings. The van der Waals surface area contributed by atoms with E-state index in [4.69, 9.17) is 0 Å². The number of hydrogen-bond donors (Lipinski definition) is 0. The van der Waals surface area contributed by atoms with Crippen LogP contribution in [0.5, 0.6) is 0 Å². The van der Waals surface area contributed by atoms with Crippen molar-refractivity contribution in [3.63, 3.8) is 0 Å². The largest absolute Gasteiger partial charge is 0.366 e. The molecule has 0 saturated heterocycles. The third-order valence-electron chi connectivity index (χ3n) is 3.48. The lowest BCUT2D eigenvalue weighted by Crippen LogP contribution is -2.30. The second-order valence-electron chi connectivity index (χ2n) is 4.51. The van der Waals surface area contributed by atoms with Crippen molar-refractivity contribution in [1.29, 1.82) is 5.26 Å². The maximum absolute atomic E-state index is 9.43. The number of fused-ring (bicyclic) bond motifs is 1. The van der Waals surface area contributed by atoms with E-state index in [1.54, 1.807) is 11.8 Å². The highest BCUT2D eigenvalue weighted by molar-refractivity contribution is 7.98. The Labute approximate surface area is 121 Å². The zero-order valence-electron chi connectivity index (χ0n) is 10.7. The van der Waals surface area contributed by atoms with Crippen LogP contribution in [-0.2, 0) is 13.0 Å². The summed E-state index contributed by atoms with van der Waals surface area (Å²) < 4.78 is 0. The van der Waals surface area contributed by atoms with Crippen LogP contribution < -0.4 is 4.90 Å². The first-order chi connectivity index (χ1) is 9.33. The summed E-state index contributed by atoms with van der Waals surface area (Å²) in [7, 11) is 0. The average Bonchev–Trinajstić information content (AvgIpc) is 2.93. The van der Waals surface area contributed by atoms with E-state index < -0.39 is 0 Å². The van der Waals surface area contributed by atoms with E-state index in [1.807, 2.05) is 29.7 Å². The lowest BCUT2D eigenvalue weighted by Gasteiger charge is -2.30. The monoisotopic (exact) mass is 286 g/mol. The van der Waals surface area contributed by atoms with Gasteiger partial charge in [0.25, 0.3) is 0 Å². The third kappa shape index (κ3) is 2.24. The fraction of sp³-hybridized carbons (Fsp3) is 0.267. The van der Waals surface area contributed by atoms with E-state index in [0.717, 1.165) is 35.7 Å². The highest BCUT2D eigenvalue weighted by Gasteiger charge is 2.20. The molecule has 4 heteroatoms. The molecule has 96 valence electrons. The van der Waals surface area contributed by atoms with E-state index in [2.05, 4.69) is 28.5 Å². The molecule has 0 radical (unpaired) electrons. The lowest BCUT2D eigenvalue weighted by atomic mass is 10.1. The molecule has 0 saturated carbocycles. The molecule has 0 atom stereocenters. The molecule has 0 unspecified atom stereocenters. The van der Waals surface area contributed by atoms with Gasteiger partial charge in [-0.1, -0.05) is 6.07 Å². The minimum Gasteiger partial charge on any atom is -0.366 e. The first-order valence-corrected chi connectivity index (χ1v) is 8.31. The van der Waals surface area contributed by atoms with Crippen molar-refractivity contribution in [2.45, 2.75) is 17.9 Å². The van der Waals surface area contributed by atoms with Gasteiger partial charge in [0.1, 0.15) is 6.07 Å². The molecule has 1 aliphatic heterocycles. The third-order valence-corrected chi connectivity index (χ3v) is 5.29. The van der Waals surface area contributed by atoms with E-state index in [9.17, 15) is 5.26 Å². The number of anilines is 1. The molecule has 0 N–H and O–H groups in total. The van der Waals surface area contributed by atoms with Crippen molar-refractivity contribution in [3.8, 4) is 6.07 Å². The van der Waals surface area contributed by atoms with E-state index in [0.29, 0.717) is 0 Å². The molecule has 3 rings (SSSR count). The highest BCUT2D eigenvalue weighted by Crippen LogP contribution is 2.33. The van der Waals surface area contributed by atoms with Crippen LogP contribution in [0, 0.1) is 11.3 Å². The summed E-state index contributed by atoms with van der Waals surface area (Å²) in [6.07, 6.45) is 3.11. The summed E-state index contributed by atoms with van der Waals surface area (Å²) in [5.41, 5.74) is 3.30. The maximum Gasteiger partial charge on any atom is 0.103 e. The fourth-order valence-corrected chi connectivity index (χ4v) is 3.98. The van der Waals surface area contributed by atoms with Gasteiger partial charge in [-0.25, -0.2) is 0 Å². The molecule has 2 heterocycles. The standard InChI is InChI=1S/C15H14N2S2/c1-18-15-4-2-3-13(12(15)9-16)17-7-5-14-11(10-17)6-8-19-14/h2-4,6,8H,5,7,10H2,1H3. The van der Waals surface area contributed by atoms with Crippen LogP contribution in [-0.4, -0.2) is 12.8 Å². The molecule has 19 heavy (non-hydrogen) atoms. The molecular formula is C15H14N2S2. The Balaban J connectivity index is 1.98. The highest BCUT2D eigenvalue weighted by atomic mass is 32.2. The molecular weight excluding hydrogens is 272 g/mol. The minimum absolute atomic E-state index is 0.814. The van der Waals surface area contributed by atoms with Crippen LogP contribution in [0.4, 0.5) is 5.69 Å². The van der Waals surface area contributed by atoms with Gasteiger partial charge >= 0.3 is 0 Å². The fourth-order valence-electron chi connectivity index (χ4n) is 2.52. The molecule has 0 fully saturated rings. The van der Waals surface area contributed by atoms with Crippen molar-refractivity contribution < 1.29 is 0 Å². The van der Waals surface area contributed by atoms with Crippen LogP contribution >= 0.6 is 23.1 Å². The van der Waals surface area contributed by atoms with E-state index in [-0.39, 0.29) is 0 Å². The maximum atomic E-state index is 9.43.